The van der Waals surface area contributed by atoms with E-state index in [4.69, 9.17) is 9.47 Å². The van der Waals surface area contributed by atoms with Crippen LogP contribution in [0.2, 0.25) is 0 Å². The van der Waals surface area contributed by atoms with Crippen LogP contribution in [0.4, 0.5) is 0 Å². The molecule has 2 aliphatic rings. The Morgan fingerprint density at radius 2 is 2.04 bits per heavy atom. The van der Waals surface area contributed by atoms with E-state index >= 15 is 0 Å². The lowest BCUT2D eigenvalue weighted by Gasteiger charge is -2.30. The van der Waals surface area contributed by atoms with E-state index in [1.807, 2.05) is 36.4 Å². The number of para-hydroxylation sites is 1. The molecule has 0 aromatic heterocycles. The van der Waals surface area contributed by atoms with Crippen LogP contribution in [0.25, 0.3) is 0 Å². The van der Waals surface area contributed by atoms with Crippen LogP contribution in [-0.4, -0.2) is 44.2 Å². The van der Waals surface area contributed by atoms with Crippen LogP contribution in [0.15, 0.2) is 48.5 Å². The Bertz CT molecular complexity index is 817. The maximum Gasteiger partial charge on any atom is 0.226 e. The van der Waals surface area contributed by atoms with Gasteiger partial charge in [-0.05, 0) is 61.7 Å². The summed E-state index contributed by atoms with van der Waals surface area (Å²) in [7, 11) is 1.69. The first-order valence-corrected chi connectivity index (χ1v) is 10.1. The fraction of sp³-hybridized carbons (Fsp3) is 0.435. The highest BCUT2D eigenvalue weighted by molar-refractivity contribution is 5.79. The second-order valence-electron chi connectivity index (χ2n) is 7.60. The fourth-order valence-corrected chi connectivity index (χ4v) is 4.20. The molecule has 1 amide bonds. The summed E-state index contributed by atoms with van der Waals surface area (Å²) in [6.45, 7) is 3.18. The fourth-order valence-electron chi connectivity index (χ4n) is 4.20. The molecule has 0 aliphatic carbocycles. The maximum atomic E-state index is 12.8. The summed E-state index contributed by atoms with van der Waals surface area (Å²) >= 11 is 0. The summed E-state index contributed by atoms with van der Waals surface area (Å²) in [5.41, 5.74) is 2.30. The predicted octanol–water partition coefficient (Wildman–Crippen LogP) is 3.20. The molecule has 0 spiro atoms. The first-order valence-electron chi connectivity index (χ1n) is 10.1. The molecule has 2 atom stereocenters. The van der Waals surface area contributed by atoms with Crippen molar-refractivity contribution >= 4 is 5.91 Å². The Kier molecular flexibility index (Phi) is 5.81. The highest BCUT2D eigenvalue weighted by Crippen LogP contribution is 2.29. The van der Waals surface area contributed by atoms with Crippen LogP contribution >= 0.6 is 0 Å². The van der Waals surface area contributed by atoms with Gasteiger partial charge in [-0.2, -0.15) is 0 Å². The normalized spacial score (nSPS) is 20.1. The number of methoxy groups -OCH3 is 1. The molecule has 1 N–H and O–H groups in total. The largest absolute Gasteiger partial charge is 0.497 e. The van der Waals surface area contributed by atoms with Crippen molar-refractivity contribution < 1.29 is 14.3 Å². The average Bonchev–Trinajstić information content (AvgIpc) is 3.28. The van der Waals surface area contributed by atoms with Gasteiger partial charge in [0.25, 0.3) is 0 Å². The molecule has 5 nitrogen and oxygen atoms in total. The van der Waals surface area contributed by atoms with Gasteiger partial charge in [0, 0.05) is 6.54 Å². The van der Waals surface area contributed by atoms with Crippen molar-refractivity contribution in [1.82, 2.24) is 10.2 Å². The zero-order chi connectivity index (χ0) is 19.3. The quantitative estimate of drug-likeness (QED) is 0.836. The van der Waals surface area contributed by atoms with Crippen molar-refractivity contribution in [2.45, 2.75) is 25.3 Å². The smallest absolute Gasteiger partial charge is 0.226 e. The van der Waals surface area contributed by atoms with Crippen LogP contribution in [0, 0.1) is 5.92 Å². The molecule has 2 heterocycles. The van der Waals surface area contributed by atoms with Crippen molar-refractivity contribution in [3.63, 3.8) is 0 Å². The summed E-state index contributed by atoms with van der Waals surface area (Å²) < 4.78 is 11.2. The standard InChI is InChI=1S/C23H28N2O3/c1-27-20-9-6-8-17(14-20)21(25-11-4-5-12-25)15-24-23(26)19-13-18-7-2-3-10-22(18)28-16-19/h2-3,6-10,14,19,21H,4-5,11-13,15-16H2,1H3,(H,24,26)/t19-,21-/m1/s1. The SMILES string of the molecule is COc1cccc([C@@H](CNC(=O)[C@H]2COc3ccccc3C2)N2CCCC2)c1. The molecule has 28 heavy (non-hydrogen) atoms. The first kappa shape index (κ1) is 18.8. The summed E-state index contributed by atoms with van der Waals surface area (Å²) in [6.07, 6.45) is 3.15. The molecule has 0 saturated carbocycles. The molecule has 2 aromatic rings. The topological polar surface area (TPSA) is 50.8 Å². The van der Waals surface area contributed by atoms with Crippen molar-refractivity contribution in [3.05, 3.63) is 59.7 Å². The van der Waals surface area contributed by atoms with Gasteiger partial charge in [0.1, 0.15) is 18.1 Å². The number of amides is 1. The van der Waals surface area contributed by atoms with Crippen molar-refractivity contribution in [2.24, 2.45) is 5.92 Å². The number of likely N-dealkylation sites (tertiary alicyclic amines) is 1. The van der Waals surface area contributed by atoms with Crippen molar-refractivity contribution in [1.29, 1.82) is 0 Å². The van der Waals surface area contributed by atoms with Crippen LogP contribution in [0.1, 0.15) is 30.0 Å². The number of rotatable bonds is 6. The minimum Gasteiger partial charge on any atom is -0.497 e. The number of benzene rings is 2. The van der Waals surface area contributed by atoms with Crippen LogP contribution in [-0.2, 0) is 11.2 Å². The molecular weight excluding hydrogens is 352 g/mol. The second-order valence-corrected chi connectivity index (χ2v) is 7.60. The lowest BCUT2D eigenvalue weighted by Crippen LogP contribution is -2.42. The van der Waals surface area contributed by atoms with E-state index < -0.39 is 0 Å². The summed E-state index contributed by atoms with van der Waals surface area (Å²) in [5.74, 6) is 1.68. The monoisotopic (exact) mass is 380 g/mol. The van der Waals surface area contributed by atoms with Crippen molar-refractivity contribution in [3.8, 4) is 11.5 Å². The van der Waals surface area contributed by atoms with Crippen LogP contribution in [0.3, 0.4) is 0 Å². The van der Waals surface area contributed by atoms with E-state index in [1.165, 1.54) is 18.4 Å². The van der Waals surface area contributed by atoms with E-state index in [1.54, 1.807) is 7.11 Å². The Hall–Kier alpha value is -2.53. The minimum atomic E-state index is -0.139. The number of nitrogens with zero attached hydrogens (tertiary/aromatic N) is 1. The molecular formula is C23H28N2O3. The lowest BCUT2D eigenvalue weighted by atomic mass is 9.96. The van der Waals surface area contributed by atoms with Gasteiger partial charge >= 0.3 is 0 Å². The molecule has 2 aliphatic heterocycles. The number of hydrogen-bond donors (Lipinski definition) is 1. The molecule has 2 aromatic carbocycles. The van der Waals surface area contributed by atoms with Crippen molar-refractivity contribution in [2.75, 3.05) is 33.4 Å². The van der Waals surface area contributed by atoms with Gasteiger partial charge in [-0.3, -0.25) is 9.69 Å². The predicted molar refractivity (Wildman–Crippen MR) is 109 cm³/mol. The molecule has 0 bridgehead atoms. The maximum absolute atomic E-state index is 12.8. The third-order valence-corrected chi connectivity index (χ3v) is 5.78. The Morgan fingerprint density at radius 1 is 1.21 bits per heavy atom. The second kappa shape index (κ2) is 8.65. The molecule has 1 fully saturated rings. The highest BCUT2D eigenvalue weighted by Gasteiger charge is 2.28. The molecule has 0 unspecified atom stereocenters. The number of hydrogen-bond acceptors (Lipinski definition) is 4. The number of fused-ring (bicyclic) bond motifs is 1. The van der Waals surface area contributed by atoms with E-state index in [0.29, 0.717) is 13.2 Å². The Morgan fingerprint density at radius 3 is 2.86 bits per heavy atom. The zero-order valence-corrected chi connectivity index (χ0v) is 16.4. The number of carbonyl (C=O) groups excluding carboxylic acids is 1. The molecule has 4 rings (SSSR count). The minimum absolute atomic E-state index is 0.0709. The Balaban J connectivity index is 1.43. The summed E-state index contributed by atoms with van der Waals surface area (Å²) in [6, 6.07) is 16.3. The van der Waals surface area contributed by atoms with Gasteiger partial charge in [0.2, 0.25) is 5.91 Å². The summed E-state index contributed by atoms with van der Waals surface area (Å²) in [5, 5.41) is 3.19. The van der Waals surface area contributed by atoms with Gasteiger partial charge in [-0.25, -0.2) is 0 Å². The lowest BCUT2D eigenvalue weighted by molar-refractivity contribution is -0.126. The highest BCUT2D eigenvalue weighted by atomic mass is 16.5. The van der Waals surface area contributed by atoms with E-state index in [-0.39, 0.29) is 17.9 Å². The molecule has 0 radical (unpaired) electrons. The van der Waals surface area contributed by atoms with Gasteiger partial charge in [-0.15, -0.1) is 0 Å². The third-order valence-electron chi connectivity index (χ3n) is 5.78. The molecule has 1 saturated heterocycles. The number of carbonyl (C=O) groups is 1. The third kappa shape index (κ3) is 4.14. The summed E-state index contributed by atoms with van der Waals surface area (Å²) in [4.78, 5) is 15.3. The van der Waals surface area contributed by atoms with Gasteiger partial charge in [0.15, 0.2) is 0 Å². The molecule has 5 heteroatoms. The van der Waals surface area contributed by atoms with Gasteiger partial charge < -0.3 is 14.8 Å². The first-order chi connectivity index (χ1) is 13.7. The van der Waals surface area contributed by atoms with Gasteiger partial charge in [0.05, 0.1) is 19.1 Å². The van der Waals surface area contributed by atoms with E-state index in [2.05, 4.69) is 22.3 Å². The Labute approximate surface area is 166 Å². The van der Waals surface area contributed by atoms with Gasteiger partial charge in [-0.1, -0.05) is 30.3 Å². The zero-order valence-electron chi connectivity index (χ0n) is 16.4. The van der Waals surface area contributed by atoms with Crippen LogP contribution in [0.5, 0.6) is 11.5 Å². The van der Waals surface area contributed by atoms with E-state index in [0.717, 1.165) is 36.6 Å². The molecule has 148 valence electrons. The average molecular weight is 380 g/mol. The number of nitrogens with one attached hydrogen (secondary N) is 1. The van der Waals surface area contributed by atoms with Crippen LogP contribution < -0.4 is 14.8 Å². The number of ether oxygens (including phenoxy) is 2. The van der Waals surface area contributed by atoms with E-state index in [9.17, 15) is 4.79 Å².